The summed E-state index contributed by atoms with van der Waals surface area (Å²) < 4.78 is 16.5. The molecule has 1 fully saturated rings. The summed E-state index contributed by atoms with van der Waals surface area (Å²) in [5.74, 6) is 2.86. The van der Waals surface area contributed by atoms with Gasteiger partial charge in [0.2, 0.25) is 5.75 Å². The number of nitrogens with one attached hydrogen (secondary N) is 1. The Morgan fingerprint density at radius 3 is 2.29 bits per heavy atom. The van der Waals surface area contributed by atoms with Crippen molar-refractivity contribution in [1.82, 2.24) is 5.32 Å². The summed E-state index contributed by atoms with van der Waals surface area (Å²) in [5, 5.41) is 3.67. The van der Waals surface area contributed by atoms with Crippen LogP contribution in [0.25, 0.3) is 0 Å². The van der Waals surface area contributed by atoms with Gasteiger partial charge in [-0.3, -0.25) is 0 Å². The average Bonchev–Trinajstić information content (AvgIpc) is 2.47. The van der Waals surface area contributed by atoms with Crippen LogP contribution < -0.4 is 19.5 Å². The second kappa shape index (κ2) is 7.55. The quantitative estimate of drug-likeness (QED) is 0.795. The zero-order valence-electron chi connectivity index (χ0n) is 13.6. The van der Waals surface area contributed by atoms with Gasteiger partial charge in [-0.2, -0.15) is 0 Å². The van der Waals surface area contributed by atoms with Crippen LogP contribution in [0.2, 0.25) is 0 Å². The third-order valence-electron chi connectivity index (χ3n) is 4.31. The first-order valence-corrected chi connectivity index (χ1v) is 7.79. The van der Waals surface area contributed by atoms with E-state index in [0.29, 0.717) is 23.5 Å². The molecule has 118 valence electrons. The molecule has 1 aliphatic carbocycles. The molecule has 1 unspecified atom stereocenters. The van der Waals surface area contributed by atoms with Gasteiger partial charge in [-0.1, -0.05) is 13.3 Å². The molecule has 1 N–H and O–H groups in total. The Labute approximate surface area is 127 Å². The van der Waals surface area contributed by atoms with Crippen LogP contribution in [0, 0.1) is 5.92 Å². The van der Waals surface area contributed by atoms with Gasteiger partial charge in [-0.15, -0.1) is 0 Å². The molecule has 0 amide bonds. The SMILES string of the molecule is CCCNC(c1ccc(OC)c(OC)c1OC)C1CCC1. The highest BCUT2D eigenvalue weighted by atomic mass is 16.5. The van der Waals surface area contributed by atoms with Crippen molar-refractivity contribution in [2.75, 3.05) is 27.9 Å². The molecule has 1 atom stereocenters. The first-order chi connectivity index (χ1) is 10.3. The molecule has 21 heavy (non-hydrogen) atoms. The van der Waals surface area contributed by atoms with Crippen molar-refractivity contribution in [3.8, 4) is 17.2 Å². The minimum Gasteiger partial charge on any atom is -0.493 e. The predicted molar refractivity (Wildman–Crippen MR) is 84.5 cm³/mol. The minimum atomic E-state index is 0.327. The summed E-state index contributed by atoms with van der Waals surface area (Å²) in [7, 11) is 5.00. The Morgan fingerprint density at radius 1 is 1.10 bits per heavy atom. The molecule has 1 saturated carbocycles. The zero-order chi connectivity index (χ0) is 15.2. The maximum Gasteiger partial charge on any atom is 0.203 e. The molecule has 0 spiro atoms. The van der Waals surface area contributed by atoms with Crippen molar-refractivity contribution >= 4 is 0 Å². The first-order valence-electron chi connectivity index (χ1n) is 7.79. The molecule has 0 aromatic heterocycles. The lowest BCUT2D eigenvalue weighted by atomic mass is 9.77. The fourth-order valence-electron chi connectivity index (χ4n) is 2.97. The van der Waals surface area contributed by atoms with Gasteiger partial charge in [0.05, 0.1) is 21.3 Å². The van der Waals surface area contributed by atoms with Crippen LogP contribution in [0.4, 0.5) is 0 Å². The van der Waals surface area contributed by atoms with Gasteiger partial charge in [0.1, 0.15) is 0 Å². The highest BCUT2D eigenvalue weighted by Gasteiger charge is 2.31. The molecule has 4 heteroatoms. The Hall–Kier alpha value is -1.42. The largest absolute Gasteiger partial charge is 0.493 e. The van der Waals surface area contributed by atoms with Gasteiger partial charge in [0, 0.05) is 11.6 Å². The highest BCUT2D eigenvalue weighted by Crippen LogP contribution is 2.46. The van der Waals surface area contributed by atoms with Crippen molar-refractivity contribution in [3.05, 3.63) is 17.7 Å². The van der Waals surface area contributed by atoms with Gasteiger partial charge in [-0.25, -0.2) is 0 Å². The summed E-state index contributed by atoms with van der Waals surface area (Å²) in [5.41, 5.74) is 1.17. The van der Waals surface area contributed by atoms with Gasteiger partial charge >= 0.3 is 0 Å². The van der Waals surface area contributed by atoms with Gasteiger partial charge in [0.15, 0.2) is 11.5 Å². The molecule has 2 rings (SSSR count). The van der Waals surface area contributed by atoms with Crippen molar-refractivity contribution in [2.45, 2.75) is 38.6 Å². The minimum absolute atomic E-state index is 0.327. The third kappa shape index (κ3) is 3.26. The Kier molecular flexibility index (Phi) is 5.74. The molecule has 1 aromatic carbocycles. The average molecular weight is 293 g/mol. The van der Waals surface area contributed by atoms with Gasteiger partial charge in [-0.05, 0) is 43.9 Å². The van der Waals surface area contributed by atoms with E-state index in [2.05, 4.69) is 18.3 Å². The maximum atomic E-state index is 5.64. The second-order valence-corrected chi connectivity index (χ2v) is 5.55. The number of ether oxygens (including phenoxy) is 3. The molecule has 1 aromatic rings. The maximum absolute atomic E-state index is 5.64. The fourth-order valence-corrected chi connectivity index (χ4v) is 2.97. The normalized spacial score (nSPS) is 16.2. The smallest absolute Gasteiger partial charge is 0.203 e. The van der Waals surface area contributed by atoms with Crippen LogP contribution in [0.3, 0.4) is 0 Å². The third-order valence-corrected chi connectivity index (χ3v) is 4.31. The number of rotatable bonds is 8. The standard InChI is InChI=1S/C17H27NO3/c1-5-11-18-15(12-7-6-8-12)13-9-10-14(19-2)17(21-4)16(13)20-3/h9-10,12,15,18H,5-8,11H2,1-4H3. The van der Waals surface area contributed by atoms with E-state index in [0.717, 1.165) is 18.7 Å². The molecular formula is C17H27NO3. The molecule has 0 heterocycles. The van der Waals surface area contributed by atoms with Gasteiger partial charge < -0.3 is 19.5 Å². The molecule has 0 saturated heterocycles. The molecule has 1 aliphatic rings. The summed E-state index contributed by atoms with van der Waals surface area (Å²) in [4.78, 5) is 0. The Balaban J connectivity index is 2.38. The lowest BCUT2D eigenvalue weighted by Gasteiger charge is -2.35. The Bertz CT molecular complexity index is 458. The second-order valence-electron chi connectivity index (χ2n) is 5.55. The Morgan fingerprint density at radius 2 is 1.81 bits per heavy atom. The van der Waals surface area contributed by atoms with Gasteiger partial charge in [0.25, 0.3) is 0 Å². The summed E-state index contributed by atoms with van der Waals surface area (Å²) in [6, 6.07) is 4.40. The van der Waals surface area contributed by atoms with Crippen LogP contribution >= 0.6 is 0 Å². The highest BCUT2D eigenvalue weighted by molar-refractivity contribution is 5.56. The van der Waals surface area contributed by atoms with E-state index in [1.807, 2.05) is 6.07 Å². The summed E-state index contributed by atoms with van der Waals surface area (Å²) in [6.07, 6.45) is 5.00. The van der Waals surface area contributed by atoms with Crippen LogP contribution in [0.1, 0.15) is 44.2 Å². The van der Waals surface area contributed by atoms with Crippen LogP contribution in [0.5, 0.6) is 17.2 Å². The number of benzene rings is 1. The zero-order valence-corrected chi connectivity index (χ0v) is 13.6. The lowest BCUT2D eigenvalue weighted by Crippen LogP contribution is -2.33. The van der Waals surface area contributed by atoms with E-state index in [9.17, 15) is 0 Å². The summed E-state index contributed by atoms with van der Waals surface area (Å²) in [6.45, 7) is 3.20. The van der Waals surface area contributed by atoms with Crippen molar-refractivity contribution in [2.24, 2.45) is 5.92 Å². The monoisotopic (exact) mass is 293 g/mol. The molecule has 4 nitrogen and oxygen atoms in total. The van der Waals surface area contributed by atoms with E-state index in [1.54, 1.807) is 21.3 Å². The van der Waals surface area contributed by atoms with Crippen molar-refractivity contribution in [1.29, 1.82) is 0 Å². The summed E-state index contributed by atoms with van der Waals surface area (Å²) >= 11 is 0. The fraction of sp³-hybridized carbons (Fsp3) is 0.647. The van der Waals surface area contributed by atoms with E-state index >= 15 is 0 Å². The molecule has 0 radical (unpaired) electrons. The molecule has 0 aliphatic heterocycles. The topological polar surface area (TPSA) is 39.7 Å². The number of hydrogen-bond donors (Lipinski definition) is 1. The van der Waals surface area contributed by atoms with Crippen LogP contribution in [-0.2, 0) is 0 Å². The van der Waals surface area contributed by atoms with E-state index in [4.69, 9.17) is 14.2 Å². The lowest BCUT2D eigenvalue weighted by molar-refractivity contribution is 0.225. The number of methoxy groups -OCH3 is 3. The van der Waals surface area contributed by atoms with Crippen LogP contribution in [0.15, 0.2) is 12.1 Å². The number of hydrogen-bond acceptors (Lipinski definition) is 4. The van der Waals surface area contributed by atoms with E-state index in [-0.39, 0.29) is 0 Å². The van der Waals surface area contributed by atoms with Crippen molar-refractivity contribution < 1.29 is 14.2 Å². The predicted octanol–water partition coefficient (Wildman–Crippen LogP) is 3.55. The van der Waals surface area contributed by atoms with E-state index < -0.39 is 0 Å². The molecular weight excluding hydrogens is 266 g/mol. The van der Waals surface area contributed by atoms with Crippen molar-refractivity contribution in [3.63, 3.8) is 0 Å². The molecule has 0 bridgehead atoms. The first kappa shape index (κ1) is 16.0. The van der Waals surface area contributed by atoms with E-state index in [1.165, 1.54) is 24.8 Å². The van der Waals surface area contributed by atoms with Crippen LogP contribution in [-0.4, -0.2) is 27.9 Å².